The number of rotatable bonds is 4. The summed E-state index contributed by atoms with van der Waals surface area (Å²) in [6.07, 6.45) is 1.15. The van der Waals surface area contributed by atoms with E-state index >= 15 is 0 Å². The minimum atomic E-state index is -0.281. The first kappa shape index (κ1) is 39.6. The van der Waals surface area contributed by atoms with Crippen LogP contribution in [0, 0.1) is 0 Å². The number of anilines is 6. The van der Waals surface area contributed by atoms with Crippen LogP contribution in [0.2, 0.25) is 0 Å². The van der Waals surface area contributed by atoms with Gasteiger partial charge in [0.05, 0.1) is 0 Å². The van der Waals surface area contributed by atoms with E-state index < -0.39 is 0 Å². The van der Waals surface area contributed by atoms with Gasteiger partial charge in [-0.1, -0.05) is 173 Å². The van der Waals surface area contributed by atoms with E-state index in [9.17, 15) is 0 Å². The number of benzene rings is 7. The normalized spacial score (nSPS) is 16.8. The van der Waals surface area contributed by atoms with Gasteiger partial charge in [-0.3, -0.25) is 0 Å². The smallest absolute Gasteiger partial charge is 0.247 e. The first-order valence-electron chi connectivity index (χ1n) is 22.5. The highest BCUT2D eigenvalue weighted by Crippen LogP contribution is 2.53. The SMILES string of the molecule is CC(C)(C)c1ccc(N2c3ccc(C(C)(C)C)cc3B3c4cc5c(cc4C(C)(C)c4cc(N(c6ccccc6)c6ccc7ccccc7c6)cc2c43)C(C)(C)CC5(C)C)cc1. The lowest BCUT2D eigenvalue weighted by Gasteiger charge is -2.47. The fourth-order valence-electron chi connectivity index (χ4n) is 11.5. The highest BCUT2D eigenvalue weighted by Gasteiger charge is 2.50. The van der Waals surface area contributed by atoms with Crippen LogP contribution in [0.15, 0.2) is 140 Å². The zero-order valence-electron chi connectivity index (χ0n) is 38.5. The van der Waals surface area contributed by atoms with Crippen LogP contribution in [0.4, 0.5) is 34.1 Å². The molecule has 0 N–H and O–H groups in total. The fourth-order valence-corrected chi connectivity index (χ4v) is 11.5. The third-order valence-electron chi connectivity index (χ3n) is 14.6. The Morgan fingerprint density at radius 2 is 1.10 bits per heavy atom. The van der Waals surface area contributed by atoms with E-state index in [0.29, 0.717) is 0 Å². The van der Waals surface area contributed by atoms with Crippen molar-refractivity contribution >= 4 is 68.0 Å². The molecule has 7 aromatic carbocycles. The fraction of sp³-hybridized carbons (Fsp3) is 0.310. The molecule has 0 fully saturated rings. The molecule has 0 amide bonds. The Bertz CT molecular complexity index is 2880. The van der Waals surface area contributed by atoms with Crippen molar-refractivity contribution in [3.05, 3.63) is 173 Å². The Kier molecular flexibility index (Phi) is 8.59. The highest BCUT2D eigenvalue weighted by molar-refractivity contribution is 6.99. The predicted molar refractivity (Wildman–Crippen MR) is 265 cm³/mol. The second kappa shape index (κ2) is 13.2. The number of hydrogen-bond donors (Lipinski definition) is 0. The lowest BCUT2D eigenvalue weighted by Crippen LogP contribution is -2.64. The Balaban J connectivity index is 1.32. The molecule has 306 valence electrons. The topological polar surface area (TPSA) is 6.48 Å². The van der Waals surface area contributed by atoms with Gasteiger partial charge in [0.1, 0.15) is 0 Å². The summed E-state index contributed by atoms with van der Waals surface area (Å²) in [5.74, 6) is 0. The van der Waals surface area contributed by atoms with Crippen molar-refractivity contribution in [2.45, 2.75) is 117 Å². The average Bonchev–Trinajstić information content (AvgIpc) is 3.40. The molecule has 0 spiro atoms. The Labute approximate surface area is 365 Å². The van der Waals surface area contributed by atoms with Gasteiger partial charge in [-0.05, 0) is 138 Å². The van der Waals surface area contributed by atoms with Crippen LogP contribution in [0.5, 0.6) is 0 Å². The molecule has 2 nitrogen and oxygen atoms in total. The molecule has 0 saturated carbocycles. The maximum atomic E-state index is 2.67. The maximum absolute atomic E-state index is 2.67. The zero-order valence-corrected chi connectivity index (χ0v) is 38.5. The molecule has 0 bridgehead atoms. The molecule has 3 heteroatoms. The first-order chi connectivity index (χ1) is 28.7. The van der Waals surface area contributed by atoms with Crippen LogP contribution in [0.25, 0.3) is 10.8 Å². The molecule has 0 unspecified atom stereocenters. The van der Waals surface area contributed by atoms with Crippen LogP contribution in [0.3, 0.4) is 0 Å². The van der Waals surface area contributed by atoms with Crippen LogP contribution in [0.1, 0.15) is 123 Å². The summed E-state index contributed by atoms with van der Waals surface area (Å²) in [6, 6.07) is 53.8. The molecular formula is C58H61BN2. The molecule has 61 heavy (non-hydrogen) atoms. The molecule has 10 rings (SSSR count). The minimum absolute atomic E-state index is 0.00204. The van der Waals surface area contributed by atoms with Gasteiger partial charge in [-0.2, -0.15) is 0 Å². The molecule has 0 atom stereocenters. The number of nitrogens with zero attached hydrogens (tertiary/aromatic N) is 2. The standard InChI is InChI=1S/C58H61BN2/c1-54(2,3)39-23-27-42(28-24-39)61-51-29-25-40(55(4,5)6)31-50(51)59-49-35-46-45(56(7,8)36-57(46,9)10)34-47(49)58(11,12)48-32-44(33-52(61)53(48)59)60(41-20-14-13-15-21-41)43-26-22-37-18-16-17-19-38(37)30-43/h13-35H,36H2,1-12H3. The molecule has 2 heterocycles. The van der Waals surface area contributed by atoms with Gasteiger partial charge in [0.25, 0.3) is 0 Å². The van der Waals surface area contributed by atoms with E-state index in [2.05, 4.69) is 232 Å². The van der Waals surface area contributed by atoms with Gasteiger partial charge in [-0.25, -0.2) is 0 Å². The Morgan fingerprint density at radius 1 is 0.475 bits per heavy atom. The maximum Gasteiger partial charge on any atom is 0.247 e. The average molecular weight is 797 g/mol. The van der Waals surface area contributed by atoms with Crippen molar-refractivity contribution in [2.24, 2.45) is 0 Å². The largest absolute Gasteiger partial charge is 0.311 e. The number of para-hydroxylation sites is 1. The van der Waals surface area contributed by atoms with E-state index in [1.165, 1.54) is 83.3 Å². The van der Waals surface area contributed by atoms with Crippen LogP contribution in [-0.4, -0.2) is 6.71 Å². The van der Waals surface area contributed by atoms with Gasteiger partial charge < -0.3 is 9.80 Å². The second-order valence-electron chi connectivity index (χ2n) is 22.3. The van der Waals surface area contributed by atoms with Gasteiger partial charge in [0.15, 0.2) is 0 Å². The summed E-state index contributed by atoms with van der Waals surface area (Å²) in [4.78, 5) is 5.08. The third kappa shape index (κ3) is 6.20. The molecule has 0 saturated heterocycles. The molecule has 7 aromatic rings. The highest BCUT2D eigenvalue weighted by atomic mass is 15.2. The molecule has 1 aliphatic carbocycles. The van der Waals surface area contributed by atoms with Gasteiger partial charge in [0, 0.05) is 39.5 Å². The molecule has 3 aliphatic rings. The molecule has 0 aromatic heterocycles. The summed E-state index contributed by atoms with van der Waals surface area (Å²) in [6.45, 7) is 28.9. The Morgan fingerprint density at radius 3 is 1.77 bits per heavy atom. The lowest BCUT2D eigenvalue weighted by atomic mass is 9.29. The predicted octanol–water partition coefficient (Wildman–Crippen LogP) is 13.8. The van der Waals surface area contributed by atoms with Crippen LogP contribution < -0.4 is 26.2 Å². The molecule has 2 aliphatic heterocycles. The first-order valence-corrected chi connectivity index (χ1v) is 22.5. The van der Waals surface area contributed by atoms with Crippen molar-refractivity contribution in [3.63, 3.8) is 0 Å². The van der Waals surface area contributed by atoms with E-state index in [0.717, 1.165) is 17.8 Å². The molecular weight excluding hydrogens is 735 g/mol. The number of fused-ring (bicyclic) bond motifs is 6. The van der Waals surface area contributed by atoms with E-state index in [4.69, 9.17) is 0 Å². The summed E-state index contributed by atoms with van der Waals surface area (Å²) in [5, 5.41) is 2.48. The summed E-state index contributed by atoms with van der Waals surface area (Å²) < 4.78 is 0. The number of hydrogen-bond acceptors (Lipinski definition) is 2. The van der Waals surface area contributed by atoms with E-state index in [1.54, 1.807) is 0 Å². The summed E-state index contributed by atoms with van der Waals surface area (Å²) in [7, 11) is 0. The third-order valence-corrected chi connectivity index (χ3v) is 14.6. The second-order valence-corrected chi connectivity index (χ2v) is 22.3. The van der Waals surface area contributed by atoms with Crippen molar-refractivity contribution in [2.75, 3.05) is 9.80 Å². The van der Waals surface area contributed by atoms with Crippen molar-refractivity contribution in [1.82, 2.24) is 0 Å². The summed E-state index contributed by atoms with van der Waals surface area (Å²) >= 11 is 0. The summed E-state index contributed by atoms with van der Waals surface area (Å²) in [5.41, 5.74) is 20.0. The van der Waals surface area contributed by atoms with Crippen LogP contribution >= 0.6 is 0 Å². The van der Waals surface area contributed by atoms with Crippen molar-refractivity contribution < 1.29 is 0 Å². The van der Waals surface area contributed by atoms with Gasteiger partial charge in [0.2, 0.25) is 6.71 Å². The Hall–Kier alpha value is -5.54. The van der Waals surface area contributed by atoms with Crippen molar-refractivity contribution in [1.29, 1.82) is 0 Å². The van der Waals surface area contributed by atoms with Crippen LogP contribution in [-0.2, 0) is 27.1 Å². The van der Waals surface area contributed by atoms with Gasteiger partial charge in [-0.15, -0.1) is 0 Å². The van der Waals surface area contributed by atoms with Gasteiger partial charge >= 0.3 is 0 Å². The van der Waals surface area contributed by atoms with Crippen molar-refractivity contribution in [3.8, 4) is 0 Å². The molecule has 0 radical (unpaired) electrons. The quantitative estimate of drug-likeness (QED) is 0.164. The lowest BCUT2D eigenvalue weighted by molar-refractivity contribution is 0.403. The minimum Gasteiger partial charge on any atom is -0.311 e. The van der Waals surface area contributed by atoms with E-state index in [1.807, 2.05) is 0 Å². The zero-order chi connectivity index (χ0) is 43.0. The monoisotopic (exact) mass is 796 g/mol. The van der Waals surface area contributed by atoms with E-state index in [-0.39, 0.29) is 33.8 Å².